The first-order chi connectivity index (χ1) is 10.8. The van der Waals surface area contributed by atoms with Crippen LogP contribution in [0, 0.1) is 0 Å². The van der Waals surface area contributed by atoms with Crippen molar-refractivity contribution >= 4 is 7.12 Å². The molecule has 1 aromatic carbocycles. The first kappa shape index (κ1) is 17.6. The van der Waals surface area contributed by atoms with Crippen molar-refractivity contribution in [3.8, 4) is 0 Å². The molecular weight excluding hydrogens is 275 g/mol. The van der Waals surface area contributed by atoms with E-state index in [1.165, 1.54) is 0 Å². The summed E-state index contributed by atoms with van der Waals surface area (Å²) in [7, 11) is -1.23. The van der Waals surface area contributed by atoms with Gasteiger partial charge in [0.15, 0.2) is 0 Å². The third kappa shape index (κ3) is 10.3. The fourth-order valence-corrected chi connectivity index (χ4v) is 1.45. The number of rotatable bonds is 2. The fourth-order valence-electron chi connectivity index (χ4n) is 1.45. The van der Waals surface area contributed by atoms with Gasteiger partial charge in [-0.3, -0.25) is 9.97 Å². The van der Waals surface area contributed by atoms with E-state index in [0.29, 0.717) is 6.32 Å². The summed E-state index contributed by atoms with van der Waals surface area (Å²) in [6, 6.07) is 20.8. The monoisotopic (exact) mass is 294 g/mol. The van der Waals surface area contributed by atoms with E-state index in [9.17, 15) is 0 Å². The Morgan fingerprint density at radius 2 is 1.05 bits per heavy atom. The van der Waals surface area contributed by atoms with Crippen LogP contribution >= 0.6 is 0 Å². The largest absolute Gasteiger partial charge is 0.456 e. The van der Waals surface area contributed by atoms with Crippen LogP contribution < -0.4 is 0 Å². The second-order valence-corrected chi connectivity index (χ2v) is 4.22. The van der Waals surface area contributed by atoms with Crippen LogP contribution in [0.15, 0.2) is 91.5 Å². The molecule has 22 heavy (non-hydrogen) atoms. The molecule has 3 aromatic rings. The van der Waals surface area contributed by atoms with Crippen LogP contribution in [0.25, 0.3) is 0 Å². The van der Waals surface area contributed by atoms with E-state index < -0.39 is 7.12 Å². The molecule has 2 aromatic heterocycles. The Morgan fingerprint density at radius 3 is 1.32 bits per heavy atom. The Hall–Kier alpha value is -2.50. The lowest BCUT2D eigenvalue weighted by atomic mass is 9.82. The fraction of sp³-hybridized carbons (Fsp3) is 0.0588. The van der Waals surface area contributed by atoms with Crippen molar-refractivity contribution in [3.05, 3.63) is 97.1 Å². The molecule has 0 radical (unpaired) electrons. The van der Waals surface area contributed by atoms with Crippen molar-refractivity contribution in [1.82, 2.24) is 9.97 Å². The number of hydrogen-bond donors (Lipinski definition) is 2. The highest BCUT2D eigenvalue weighted by molar-refractivity contribution is 6.40. The number of nitrogens with zero attached hydrogens (tertiary/aromatic N) is 2. The van der Waals surface area contributed by atoms with Gasteiger partial charge in [0.05, 0.1) is 0 Å². The van der Waals surface area contributed by atoms with E-state index in [2.05, 4.69) is 9.97 Å². The van der Waals surface area contributed by atoms with Crippen LogP contribution in [0.5, 0.6) is 0 Å². The Bertz CT molecular complexity index is 481. The molecule has 2 heterocycles. The minimum absolute atomic E-state index is 0.306. The molecule has 0 aliphatic heterocycles. The van der Waals surface area contributed by atoms with Crippen molar-refractivity contribution in [2.75, 3.05) is 0 Å². The van der Waals surface area contributed by atoms with Gasteiger partial charge >= 0.3 is 7.12 Å². The molecule has 0 aliphatic rings. The molecule has 0 saturated carbocycles. The highest BCUT2D eigenvalue weighted by atomic mass is 16.4. The zero-order valence-electron chi connectivity index (χ0n) is 12.2. The Balaban J connectivity index is 0.000000174. The van der Waals surface area contributed by atoms with Crippen LogP contribution in [0.2, 0.25) is 0 Å². The molecule has 0 aliphatic carbocycles. The van der Waals surface area contributed by atoms with Crippen LogP contribution in [0.4, 0.5) is 0 Å². The lowest BCUT2D eigenvalue weighted by Gasteiger charge is -1.96. The van der Waals surface area contributed by atoms with Crippen molar-refractivity contribution in [2.45, 2.75) is 6.32 Å². The molecule has 4 nitrogen and oxygen atoms in total. The summed E-state index contributed by atoms with van der Waals surface area (Å²) in [4.78, 5) is 7.57. The van der Waals surface area contributed by atoms with Gasteiger partial charge in [0.2, 0.25) is 0 Å². The van der Waals surface area contributed by atoms with Gasteiger partial charge in [0.25, 0.3) is 0 Å². The summed E-state index contributed by atoms with van der Waals surface area (Å²) in [6.45, 7) is 0. The predicted molar refractivity (Wildman–Crippen MR) is 88.8 cm³/mol. The molecule has 0 bridgehead atoms. The number of pyridine rings is 2. The minimum Gasteiger partial charge on any atom is -0.427 e. The maximum absolute atomic E-state index is 8.56. The van der Waals surface area contributed by atoms with E-state index in [1.54, 1.807) is 24.8 Å². The summed E-state index contributed by atoms with van der Waals surface area (Å²) >= 11 is 0. The molecule has 0 saturated heterocycles. The summed E-state index contributed by atoms with van der Waals surface area (Å²) in [5, 5.41) is 17.1. The van der Waals surface area contributed by atoms with Gasteiger partial charge in [0.1, 0.15) is 0 Å². The lowest BCUT2D eigenvalue weighted by Crippen LogP contribution is -2.14. The van der Waals surface area contributed by atoms with E-state index >= 15 is 0 Å². The zero-order chi connectivity index (χ0) is 15.9. The average molecular weight is 294 g/mol. The topological polar surface area (TPSA) is 66.2 Å². The molecular formula is C17H19BN2O2. The zero-order valence-corrected chi connectivity index (χ0v) is 12.2. The summed E-state index contributed by atoms with van der Waals surface area (Å²) < 4.78 is 0. The quantitative estimate of drug-likeness (QED) is 0.712. The van der Waals surface area contributed by atoms with Crippen LogP contribution in [0.3, 0.4) is 0 Å². The van der Waals surface area contributed by atoms with Crippen molar-refractivity contribution in [1.29, 1.82) is 0 Å². The second kappa shape index (κ2) is 12.3. The maximum Gasteiger partial charge on any atom is 0.456 e. The van der Waals surface area contributed by atoms with Crippen LogP contribution in [-0.4, -0.2) is 27.1 Å². The van der Waals surface area contributed by atoms with Crippen molar-refractivity contribution in [3.63, 3.8) is 0 Å². The maximum atomic E-state index is 8.56. The number of benzene rings is 1. The summed E-state index contributed by atoms with van der Waals surface area (Å²) in [6.07, 6.45) is 7.31. The summed E-state index contributed by atoms with van der Waals surface area (Å²) in [5.41, 5.74) is 0.942. The molecule has 0 spiro atoms. The molecule has 5 heteroatoms. The normalized spacial score (nSPS) is 8.64. The highest BCUT2D eigenvalue weighted by Gasteiger charge is 2.05. The standard InChI is InChI=1S/C7H9BO2.2C5H5N/c9-8(10)6-7-4-2-1-3-5-7;2*1-2-4-6-5-3-1/h1-5,9-10H,6H2;2*1-5H. The van der Waals surface area contributed by atoms with E-state index in [-0.39, 0.29) is 0 Å². The summed E-state index contributed by atoms with van der Waals surface area (Å²) in [5.74, 6) is 0. The van der Waals surface area contributed by atoms with Gasteiger partial charge in [-0.05, 0) is 24.3 Å². The second-order valence-electron chi connectivity index (χ2n) is 4.22. The third-order valence-corrected chi connectivity index (χ3v) is 2.39. The molecule has 3 rings (SSSR count). The lowest BCUT2D eigenvalue weighted by molar-refractivity contribution is 0.405. The van der Waals surface area contributed by atoms with Crippen LogP contribution in [0.1, 0.15) is 5.56 Å². The van der Waals surface area contributed by atoms with Gasteiger partial charge < -0.3 is 10.0 Å². The Morgan fingerprint density at radius 1 is 0.636 bits per heavy atom. The van der Waals surface area contributed by atoms with Crippen LogP contribution in [-0.2, 0) is 6.32 Å². The first-order valence-corrected chi connectivity index (χ1v) is 6.89. The molecule has 0 fully saturated rings. The van der Waals surface area contributed by atoms with Gasteiger partial charge in [-0.15, -0.1) is 0 Å². The van der Waals surface area contributed by atoms with E-state index in [1.807, 2.05) is 66.7 Å². The highest BCUT2D eigenvalue weighted by Crippen LogP contribution is 1.98. The molecule has 0 atom stereocenters. The SMILES string of the molecule is OB(O)Cc1ccccc1.c1ccncc1.c1ccncc1. The van der Waals surface area contributed by atoms with Gasteiger partial charge in [-0.25, -0.2) is 0 Å². The Labute approximate surface area is 131 Å². The Kier molecular flexibility index (Phi) is 9.78. The van der Waals surface area contributed by atoms with Gasteiger partial charge in [-0.1, -0.05) is 48.0 Å². The van der Waals surface area contributed by atoms with Gasteiger partial charge in [0, 0.05) is 31.1 Å². The predicted octanol–water partition coefficient (Wildman–Crippen LogP) is 2.40. The number of hydrogen-bond acceptors (Lipinski definition) is 4. The minimum atomic E-state index is -1.23. The van der Waals surface area contributed by atoms with E-state index in [4.69, 9.17) is 10.0 Å². The molecule has 0 amide bonds. The average Bonchev–Trinajstić information content (AvgIpc) is 2.59. The van der Waals surface area contributed by atoms with Crippen molar-refractivity contribution in [2.24, 2.45) is 0 Å². The van der Waals surface area contributed by atoms with Gasteiger partial charge in [-0.2, -0.15) is 0 Å². The molecule has 112 valence electrons. The first-order valence-electron chi connectivity index (χ1n) is 6.89. The smallest absolute Gasteiger partial charge is 0.427 e. The third-order valence-electron chi connectivity index (χ3n) is 2.39. The number of aromatic nitrogens is 2. The van der Waals surface area contributed by atoms with E-state index in [0.717, 1.165) is 5.56 Å². The molecule has 2 N–H and O–H groups in total. The molecule has 0 unspecified atom stereocenters. The van der Waals surface area contributed by atoms with Crippen molar-refractivity contribution < 1.29 is 10.0 Å².